The lowest BCUT2D eigenvalue weighted by atomic mass is 9.97. The zero-order valence-corrected chi connectivity index (χ0v) is 12.5. The molecule has 0 unspecified atom stereocenters. The molecule has 1 rings (SSSR count). The van der Waals surface area contributed by atoms with Gasteiger partial charge in [-0.2, -0.15) is 9.40 Å². The number of H-pyrrole nitrogens is 1. The highest BCUT2D eigenvalue weighted by Crippen LogP contribution is 2.23. The predicted octanol–water partition coefficient (Wildman–Crippen LogP) is 1.08. The third-order valence-electron chi connectivity index (χ3n) is 2.48. The van der Waals surface area contributed by atoms with Crippen molar-refractivity contribution in [3.05, 3.63) is 11.3 Å². The molecule has 1 aromatic rings. The number of hydrogen-bond acceptors (Lipinski definition) is 4. The maximum atomic E-state index is 12.3. The molecule has 1 aromatic heterocycles. The van der Waals surface area contributed by atoms with Gasteiger partial charge in [0.1, 0.15) is 5.56 Å². The molecule has 0 aliphatic rings. The van der Waals surface area contributed by atoms with Crippen molar-refractivity contribution < 1.29 is 18.3 Å². The van der Waals surface area contributed by atoms with Gasteiger partial charge in [0.15, 0.2) is 0 Å². The first kappa shape index (κ1) is 15.6. The van der Waals surface area contributed by atoms with E-state index in [1.807, 2.05) is 20.8 Å². The molecular weight excluding hydrogens is 270 g/mol. The van der Waals surface area contributed by atoms with Crippen LogP contribution in [0.5, 0.6) is 0 Å². The first-order valence-corrected chi connectivity index (χ1v) is 7.15. The highest BCUT2D eigenvalue weighted by atomic mass is 32.2. The van der Waals surface area contributed by atoms with E-state index in [0.29, 0.717) is 0 Å². The van der Waals surface area contributed by atoms with Gasteiger partial charge in [-0.3, -0.25) is 5.10 Å². The van der Waals surface area contributed by atoms with E-state index in [1.165, 1.54) is 14.0 Å². The number of aromatic amines is 1. The monoisotopic (exact) mass is 289 g/mol. The van der Waals surface area contributed by atoms with Gasteiger partial charge in [-0.15, -0.1) is 0 Å². The normalized spacial score (nSPS) is 12.9. The lowest BCUT2D eigenvalue weighted by molar-refractivity contribution is 0.0691. The molecule has 0 atom stereocenters. The molecule has 0 bridgehead atoms. The van der Waals surface area contributed by atoms with Crippen molar-refractivity contribution in [1.82, 2.24) is 14.5 Å². The Labute approximate surface area is 112 Å². The minimum absolute atomic E-state index is 0.218. The highest BCUT2D eigenvalue weighted by Gasteiger charge is 2.33. The highest BCUT2D eigenvalue weighted by molar-refractivity contribution is 7.89. The second-order valence-electron chi connectivity index (χ2n) is 5.66. The van der Waals surface area contributed by atoms with Crippen LogP contribution in [0.2, 0.25) is 0 Å². The molecule has 0 aliphatic carbocycles. The fourth-order valence-electron chi connectivity index (χ4n) is 1.75. The van der Waals surface area contributed by atoms with Crippen molar-refractivity contribution in [2.45, 2.75) is 32.7 Å². The van der Waals surface area contributed by atoms with Crippen LogP contribution in [0.4, 0.5) is 0 Å². The number of sulfonamides is 1. The van der Waals surface area contributed by atoms with Crippen molar-refractivity contribution >= 4 is 16.0 Å². The number of aryl methyl sites for hydroxylation is 1. The molecule has 0 saturated carbocycles. The Hall–Kier alpha value is -1.41. The quantitative estimate of drug-likeness (QED) is 0.863. The lowest BCUT2D eigenvalue weighted by Crippen LogP contribution is -2.35. The molecule has 19 heavy (non-hydrogen) atoms. The smallest absolute Gasteiger partial charge is 0.340 e. The summed E-state index contributed by atoms with van der Waals surface area (Å²) in [5, 5.41) is 14.7. The van der Waals surface area contributed by atoms with Crippen molar-refractivity contribution in [2.75, 3.05) is 13.6 Å². The second-order valence-corrected chi connectivity index (χ2v) is 7.62. The molecule has 0 aliphatic heterocycles. The van der Waals surface area contributed by atoms with Gasteiger partial charge in [0.25, 0.3) is 10.0 Å². The Morgan fingerprint density at radius 3 is 2.37 bits per heavy atom. The molecule has 0 saturated heterocycles. The molecule has 0 radical (unpaired) electrons. The fraction of sp³-hybridized carbons (Fsp3) is 0.636. The number of carbonyl (C=O) groups is 1. The molecule has 0 aromatic carbocycles. The number of aromatic nitrogens is 2. The van der Waals surface area contributed by atoms with Gasteiger partial charge in [-0.1, -0.05) is 20.8 Å². The molecular formula is C11H19N3O4S. The first-order chi connectivity index (χ1) is 8.47. The largest absolute Gasteiger partial charge is 0.478 e. The van der Waals surface area contributed by atoms with Gasteiger partial charge in [0.2, 0.25) is 5.03 Å². The number of carboxylic acid groups (broad SMARTS) is 1. The Balaban J connectivity index is 3.25. The Kier molecular flexibility index (Phi) is 4.06. The summed E-state index contributed by atoms with van der Waals surface area (Å²) in [5.74, 6) is -1.31. The molecule has 108 valence electrons. The Morgan fingerprint density at radius 1 is 1.42 bits per heavy atom. The van der Waals surface area contributed by atoms with Crippen LogP contribution in [0.3, 0.4) is 0 Å². The summed E-state index contributed by atoms with van der Waals surface area (Å²) < 4.78 is 25.8. The number of hydrogen-bond donors (Lipinski definition) is 2. The standard InChI is InChI=1S/C11H19N3O4S/c1-7-8(10(15)16)9(13-12-7)19(17,18)14(5)6-11(2,3)4/h6H2,1-5H3,(H,12,13)(H,15,16). The summed E-state index contributed by atoms with van der Waals surface area (Å²) in [6.07, 6.45) is 0. The molecule has 2 N–H and O–H groups in total. The second kappa shape index (κ2) is 4.93. The number of carboxylic acids is 1. The lowest BCUT2D eigenvalue weighted by Gasteiger charge is -2.25. The van der Waals surface area contributed by atoms with E-state index >= 15 is 0 Å². The molecule has 1 heterocycles. The van der Waals surface area contributed by atoms with Crippen molar-refractivity contribution in [3.8, 4) is 0 Å². The van der Waals surface area contributed by atoms with Gasteiger partial charge >= 0.3 is 5.97 Å². The van der Waals surface area contributed by atoms with E-state index in [-0.39, 0.29) is 23.2 Å². The maximum Gasteiger partial charge on any atom is 0.340 e. The average Bonchev–Trinajstić information content (AvgIpc) is 2.57. The van der Waals surface area contributed by atoms with E-state index in [1.54, 1.807) is 0 Å². The van der Waals surface area contributed by atoms with Crippen molar-refractivity contribution in [1.29, 1.82) is 0 Å². The van der Waals surface area contributed by atoms with Crippen LogP contribution < -0.4 is 0 Å². The van der Waals surface area contributed by atoms with Gasteiger partial charge in [0, 0.05) is 19.3 Å². The van der Waals surface area contributed by atoms with Crippen LogP contribution in [0, 0.1) is 12.3 Å². The summed E-state index contributed by atoms with van der Waals surface area (Å²) in [7, 11) is -2.50. The predicted molar refractivity (Wildman–Crippen MR) is 69.6 cm³/mol. The minimum Gasteiger partial charge on any atom is -0.478 e. The summed E-state index contributed by atoms with van der Waals surface area (Å²) in [6, 6.07) is 0. The molecule has 0 fully saturated rings. The van der Waals surface area contributed by atoms with Crippen LogP contribution in [-0.4, -0.2) is 47.6 Å². The van der Waals surface area contributed by atoms with E-state index in [4.69, 9.17) is 5.11 Å². The van der Waals surface area contributed by atoms with Crippen LogP contribution in [-0.2, 0) is 10.0 Å². The minimum atomic E-state index is -3.92. The summed E-state index contributed by atoms with van der Waals surface area (Å²) in [6.45, 7) is 7.42. The van der Waals surface area contributed by atoms with Gasteiger partial charge in [-0.25, -0.2) is 13.2 Å². The summed E-state index contributed by atoms with van der Waals surface area (Å²) in [4.78, 5) is 11.1. The Morgan fingerprint density at radius 2 is 1.95 bits per heavy atom. The van der Waals surface area contributed by atoms with E-state index in [0.717, 1.165) is 4.31 Å². The molecule has 0 amide bonds. The summed E-state index contributed by atoms with van der Waals surface area (Å²) in [5.41, 5.74) is -0.327. The Bertz CT molecular complexity index is 584. The third-order valence-corrected chi connectivity index (χ3v) is 4.21. The van der Waals surface area contributed by atoms with Crippen molar-refractivity contribution in [2.24, 2.45) is 5.41 Å². The number of rotatable bonds is 4. The van der Waals surface area contributed by atoms with Crippen LogP contribution >= 0.6 is 0 Å². The number of nitrogens with one attached hydrogen (secondary N) is 1. The number of aromatic carboxylic acids is 1. The maximum absolute atomic E-state index is 12.3. The third kappa shape index (κ3) is 3.32. The SMILES string of the molecule is Cc1[nH]nc(S(=O)(=O)N(C)CC(C)(C)C)c1C(=O)O. The van der Waals surface area contributed by atoms with E-state index in [9.17, 15) is 13.2 Å². The van der Waals surface area contributed by atoms with Crippen LogP contribution in [0.25, 0.3) is 0 Å². The van der Waals surface area contributed by atoms with Crippen molar-refractivity contribution in [3.63, 3.8) is 0 Å². The molecule has 8 heteroatoms. The molecule has 0 spiro atoms. The fourth-order valence-corrected chi connectivity index (χ4v) is 3.26. The average molecular weight is 289 g/mol. The van der Waals surface area contributed by atoms with Gasteiger partial charge < -0.3 is 5.11 Å². The summed E-state index contributed by atoms with van der Waals surface area (Å²) >= 11 is 0. The topological polar surface area (TPSA) is 103 Å². The number of nitrogens with zero attached hydrogens (tertiary/aromatic N) is 2. The van der Waals surface area contributed by atoms with E-state index in [2.05, 4.69) is 10.2 Å². The van der Waals surface area contributed by atoms with E-state index < -0.39 is 21.0 Å². The zero-order chi connectivity index (χ0) is 15.0. The first-order valence-electron chi connectivity index (χ1n) is 5.71. The van der Waals surface area contributed by atoms with Gasteiger partial charge in [-0.05, 0) is 12.3 Å². The zero-order valence-electron chi connectivity index (χ0n) is 11.7. The molecule has 7 nitrogen and oxygen atoms in total. The van der Waals surface area contributed by atoms with Crippen LogP contribution in [0.15, 0.2) is 5.03 Å². The van der Waals surface area contributed by atoms with Gasteiger partial charge in [0.05, 0.1) is 0 Å². The van der Waals surface area contributed by atoms with Crippen LogP contribution in [0.1, 0.15) is 36.8 Å².